The lowest BCUT2D eigenvalue weighted by Crippen LogP contribution is -2.24. The molecule has 0 N–H and O–H groups in total. The number of hydrogen-bond donors (Lipinski definition) is 0. The van der Waals surface area contributed by atoms with Gasteiger partial charge < -0.3 is 9.64 Å². The van der Waals surface area contributed by atoms with Crippen molar-refractivity contribution in [3.8, 4) is 0 Å². The van der Waals surface area contributed by atoms with Gasteiger partial charge in [-0.15, -0.1) is 0 Å². The van der Waals surface area contributed by atoms with Gasteiger partial charge >= 0.3 is 6.09 Å². The van der Waals surface area contributed by atoms with Crippen molar-refractivity contribution in [2.45, 2.75) is 12.6 Å². The topological polar surface area (TPSA) is 29.5 Å². The molecule has 2 rings (SSSR count). The summed E-state index contributed by atoms with van der Waals surface area (Å²) in [5.74, 6) is 0. The molecule has 1 amide bonds. The van der Waals surface area contributed by atoms with Gasteiger partial charge in [0.1, 0.15) is 6.10 Å². The second kappa shape index (κ2) is 4.83. The minimum absolute atomic E-state index is 0.0572. The Kier molecular flexibility index (Phi) is 3.45. The van der Waals surface area contributed by atoms with E-state index in [4.69, 9.17) is 4.74 Å². The molecule has 1 heterocycles. The van der Waals surface area contributed by atoms with Gasteiger partial charge in [0.15, 0.2) is 0 Å². The van der Waals surface area contributed by atoms with E-state index in [2.05, 4.69) is 22.6 Å². The highest BCUT2D eigenvalue weighted by atomic mass is 127. The van der Waals surface area contributed by atoms with Crippen LogP contribution in [0.3, 0.4) is 0 Å². The van der Waals surface area contributed by atoms with E-state index < -0.39 is 0 Å². The predicted molar refractivity (Wildman–Crippen MR) is 66.0 cm³/mol. The Balaban J connectivity index is 1.99. The fourth-order valence-electron chi connectivity index (χ4n) is 1.59. The van der Waals surface area contributed by atoms with Crippen LogP contribution in [0.2, 0.25) is 0 Å². The van der Waals surface area contributed by atoms with Crippen LogP contribution in [0.25, 0.3) is 0 Å². The Labute approximate surface area is 103 Å². The van der Waals surface area contributed by atoms with Crippen molar-refractivity contribution in [2.75, 3.05) is 11.0 Å². The summed E-state index contributed by atoms with van der Waals surface area (Å²) in [4.78, 5) is 13.2. The Morgan fingerprint density at radius 2 is 2.13 bits per heavy atom. The SMILES string of the molecule is O=C1O[C@H](CI)CN1Cc1ccccc1. The third-order valence-corrected chi connectivity index (χ3v) is 3.32. The largest absolute Gasteiger partial charge is 0.443 e. The standard InChI is InChI=1S/C11H12INO2/c12-6-10-8-13(11(14)15-10)7-9-4-2-1-3-5-9/h1-5,10H,6-8H2/t10-/m1/s1. The quantitative estimate of drug-likeness (QED) is 0.633. The minimum atomic E-state index is -0.194. The van der Waals surface area contributed by atoms with Crippen molar-refractivity contribution in [1.29, 1.82) is 0 Å². The first kappa shape index (κ1) is 10.7. The first-order valence-corrected chi connectivity index (χ1v) is 6.37. The van der Waals surface area contributed by atoms with Crippen LogP contribution in [0, 0.1) is 0 Å². The van der Waals surface area contributed by atoms with E-state index in [1.54, 1.807) is 4.90 Å². The highest BCUT2D eigenvalue weighted by molar-refractivity contribution is 14.1. The number of cyclic esters (lactones) is 1. The minimum Gasteiger partial charge on any atom is -0.443 e. The molecule has 1 aromatic rings. The molecule has 1 aliphatic heterocycles. The molecular formula is C11H12INO2. The molecule has 0 unspecified atom stereocenters. The summed E-state index contributed by atoms with van der Waals surface area (Å²) in [7, 11) is 0. The number of nitrogens with zero attached hydrogens (tertiary/aromatic N) is 1. The van der Waals surface area contributed by atoms with Crippen molar-refractivity contribution >= 4 is 28.7 Å². The number of ether oxygens (including phenoxy) is 1. The number of carbonyl (C=O) groups excluding carboxylic acids is 1. The highest BCUT2D eigenvalue weighted by Crippen LogP contribution is 2.16. The van der Waals surface area contributed by atoms with Crippen LogP contribution < -0.4 is 0 Å². The van der Waals surface area contributed by atoms with Crippen molar-refractivity contribution < 1.29 is 9.53 Å². The zero-order valence-electron chi connectivity index (χ0n) is 8.23. The summed E-state index contributed by atoms with van der Waals surface area (Å²) in [6, 6.07) is 9.97. The Hall–Kier alpha value is -0.780. The molecule has 80 valence electrons. The van der Waals surface area contributed by atoms with Gasteiger partial charge in [-0.1, -0.05) is 52.9 Å². The summed E-state index contributed by atoms with van der Waals surface area (Å²) in [5.41, 5.74) is 1.14. The van der Waals surface area contributed by atoms with Crippen LogP contribution in [0.5, 0.6) is 0 Å². The summed E-state index contributed by atoms with van der Waals surface area (Å²) in [6.07, 6.45) is -0.137. The maximum Gasteiger partial charge on any atom is 0.410 e. The molecule has 0 aliphatic carbocycles. The van der Waals surface area contributed by atoms with Crippen LogP contribution in [-0.2, 0) is 11.3 Å². The Morgan fingerprint density at radius 1 is 1.40 bits per heavy atom. The average molecular weight is 317 g/mol. The molecule has 1 aliphatic rings. The van der Waals surface area contributed by atoms with Gasteiger partial charge in [0.2, 0.25) is 0 Å². The predicted octanol–water partition coefficient (Wildman–Crippen LogP) is 2.44. The van der Waals surface area contributed by atoms with Gasteiger partial charge in [0.05, 0.1) is 6.54 Å². The maximum absolute atomic E-state index is 11.4. The molecule has 1 atom stereocenters. The third-order valence-electron chi connectivity index (χ3n) is 2.34. The van der Waals surface area contributed by atoms with E-state index in [0.29, 0.717) is 13.1 Å². The fourth-order valence-corrected chi connectivity index (χ4v) is 2.05. The Morgan fingerprint density at radius 3 is 2.73 bits per heavy atom. The number of benzene rings is 1. The lowest BCUT2D eigenvalue weighted by Gasteiger charge is -2.12. The van der Waals surface area contributed by atoms with E-state index in [0.717, 1.165) is 9.99 Å². The van der Waals surface area contributed by atoms with Gasteiger partial charge in [0, 0.05) is 11.0 Å². The van der Waals surface area contributed by atoms with Crippen LogP contribution >= 0.6 is 22.6 Å². The molecule has 3 nitrogen and oxygen atoms in total. The summed E-state index contributed by atoms with van der Waals surface area (Å²) in [6.45, 7) is 1.35. The molecule has 0 radical (unpaired) electrons. The smallest absolute Gasteiger partial charge is 0.410 e. The molecule has 0 aromatic heterocycles. The third kappa shape index (κ3) is 2.62. The van der Waals surface area contributed by atoms with Crippen molar-refractivity contribution in [1.82, 2.24) is 4.90 Å². The zero-order chi connectivity index (χ0) is 10.7. The highest BCUT2D eigenvalue weighted by Gasteiger charge is 2.29. The lowest BCUT2D eigenvalue weighted by molar-refractivity contribution is 0.139. The average Bonchev–Trinajstić information content (AvgIpc) is 2.61. The molecule has 1 fully saturated rings. The number of hydrogen-bond acceptors (Lipinski definition) is 2. The first-order chi connectivity index (χ1) is 7.29. The lowest BCUT2D eigenvalue weighted by atomic mass is 10.2. The van der Waals surface area contributed by atoms with Gasteiger partial charge in [-0.25, -0.2) is 4.79 Å². The number of amides is 1. The molecule has 0 saturated carbocycles. The van der Waals surface area contributed by atoms with E-state index in [-0.39, 0.29) is 12.2 Å². The molecular weight excluding hydrogens is 305 g/mol. The van der Waals surface area contributed by atoms with Crippen LogP contribution in [0.1, 0.15) is 5.56 Å². The van der Waals surface area contributed by atoms with Crippen molar-refractivity contribution in [2.24, 2.45) is 0 Å². The number of alkyl halides is 1. The normalized spacial score (nSPS) is 20.5. The number of carbonyl (C=O) groups is 1. The van der Waals surface area contributed by atoms with E-state index in [9.17, 15) is 4.79 Å². The van der Waals surface area contributed by atoms with Crippen LogP contribution in [0.4, 0.5) is 4.79 Å². The summed E-state index contributed by atoms with van der Waals surface area (Å²) >= 11 is 2.24. The zero-order valence-corrected chi connectivity index (χ0v) is 10.4. The summed E-state index contributed by atoms with van der Waals surface area (Å²) in [5, 5.41) is 0. The first-order valence-electron chi connectivity index (χ1n) is 4.85. The summed E-state index contributed by atoms with van der Waals surface area (Å²) < 4.78 is 6.03. The fraction of sp³-hybridized carbons (Fsp3) is 0.364. The van der Waals surface area contributed by atoms with Gasteiger partial charge in [-0.05, 0) is 5.56 Å². The monoisotopic (exact) mass is 317 g/mol. The molecule has 4 heteroatoms. The molecule has 15 heavy (non-hydrogen) atoms. The molecule has 1 saturated heterocycles. The van der Waals surface area contributed by atoms with E-state index in [1.807, 2.05) is 30.3 Å². The number of rotatable bonds is 3. The van der Waals surface area contributed by atoms with Crippen LogP contribution in [-0.4, -0.2) is 28.1 Å². The van der Waals surface area contributed by atoms with Crippen molar-refractivity contribution in [3.63, 3.8) is 0 Å². The number of halogens is 1. The van der Waals surface area contributed by atoms with Crippen LogP contribution in [0.15, 0.2) is 30.3 Å². The Bertz CT molecular complexity index is 342. The second-order valence-corrected chi connectivity index (χ2v) is 4.41. The maximum atomic E-state index is 11.4. The van der Waals surface area contributed by atoms with Gasteiger partial charge in [-0.3, -0.25) is 0 Å². The van der Waals surface area contributed by atoms with Crippen molar-refractivity contribution in [3.05, 3.63) is 35.9 Å². The second-order valence-electron chi connectivity index (χ2n) is 3.53. The molecule has 1 aromatic carbocycles. The van der Waals surface area contributed by atoms with Gasteiger partial charge in [0.25, 0.3) is 0 Å². The van der Waals surface area contributed by atoms with Gasteiger partial charge in [-0.2, -0.15) is 0 Å². The molecule has 0 bridgehead atoms. The van der Waals surface area contributed by atoms with E-state index >= 15 is 0 Å². The molecule has 0 spiro atoms. The van der Waals surface area contributed by atoms with E-state index in [1.165, 1.54) is 0 Å².